The average molecular weight is 540 g/mol. The summed E-state index contributed by atoms with van der Waals surface area (Å²) in [5, 5.41) is 6.42. The van der Waals surface area contributed by atoms with Crippen LogP contribution in [-0.4, -0.2) is 62.5 Å². The molecule has 1 saturated heterocycles. The monoisotopic (exact) mass is 540 g/mol. The Kier molecular flexibility index (Phi) is 6.03. The Morgan fingerprint density at radius 1 is 1.16 bits per heavy atom. The zero-order chi connectivity index (χ0) is 27.6. The van der Waals surface area contributed by atoms with Gasteiger partial charge in [-0.2, -0.15) is 18.3 Å². The zero-order valence-electron chi connectivity index (χ0n) is 19.9. The number of alkyl halides is 6. The Bertz CT molecular complexity index is 1430. The highest BCUT2D eigenvalue weighted by Crippen LogP contribution is 2.43. The second-order valence-electron chi connectivity index (χ2n) is 9.68. The summed E-state index contributed by atoms with van der Waals surface area (Å²) in [5.74, 6) is -5.41. The topological polar surface area (TPSA) is 106 Å². The van der Waals surface area contributed by atoms with Crippen LogP contribution in [0.2, 0.25) is 0 Å². The molecule has 3 N–H and O–H groups in total. The number of carbonyl (C=O) groups is 2. The van der Waals surface area contributed by atoms with Crippen molar-refractivity contribution in [3.63, 3.8) is 0 Å². The van der Waals surface area contributed by atoms with Crippen LogP contribution in [0, 0.1) is 12.8 Å². The van der Waals surface area contributed by atoms with Crippen molar-refractivity contribution in [2.24, 2.45) is 5.92 Å². The molecule has 5 rings (SSSR count). The van der Waals surface area contributed by atoms with E-state index in [9.17, 15) is 35.9 Å². The number of aromatic nitrogens is 3. The summed E-state index contributed by atoms with van der Waals surface area (Å²) >= 11 is 0. The van der Waals surface area contributed by atoms with Crippen molar-refractivity contribution in [2.75, 3.05) is 18.8 Å². The van der Waals surface area contributed by atoms with Gasteiger partial charge >= 0.3 is 6.18 Å². The molecule has 14 heteroatoms. The molecule has 0 bridgehead atoms. The van der Waals surface area contributed by atoms with Gasteiger partial charge in [-0.3, -0.25) is 9.59 Å². The minimum absolute atomic E-state index is 0.00813. The molecule has 1 aliphatic heterocycles. The lowest BCUT2D eigenvalue weighted by Gasteiger charge is -2.36. The Labute approximate surface area is 211 Å². The number of amides is 2. The van der Waals surface area contributed by atoms with E-state index in [0.717, 1.165) is 21.8 Å². The number of likely N-dealkylation sites (tertiary alicyclic amines) is 1. The highest BCUT2D eigenvalue weighted by atomic mass is 19.4. The molecule has 8 nitrogen and oxygen atoms in total. The van der Waals surface area contributed by atoms with Crippen molar-refractivity contribution in [1.29, 1.82) is 0 Å². The number of hydrogen-bond donors (Lipinski definition) is 2. The largest absolute Gasteiger partial charge is 0.418 e. The molecule has 1 saturated carbocycles. The fourth-order valence-electron chi connectivity index (χ4n) is 4.94. The van der Waals surface area contributed by atoms with Crippen LogP contribution in [0.25, 0.3) is 16.8 Å². The van der Waals surface area contributed by atoms with Gasteiger partial charge in [0.15, 0.2) is 5.82 Å². The number of fused-ring (bicyclic) bond motifs is 1. The first-order chi connectivity index (χ1) is 17.7. The number of aryl methyl sites for hydroxylation is 1. The predicted molar refractivity (Wildman–Crippen MR) is 123 cm³/mol. The van der Waals surface area contributed by atoms with Crippen molar-refractivity contribution in [2.45, 2.75) is 44.1 Å². The standard InChI is InChI=1S/C24H22F6N6O2/c1-11-2-3-12(18-5-15(24(28,29)30)19-20(31)32-10-33-36(18)19)4-14(11)21(37)34-17-9-35(8-16(17)25)22(38)13-6-23(26,27)7-13/h2-5,10,13,16-17H,6-9H2,1H3,(H,34,37)(H2,31,32,33)/t16-,17+/m0/s1. The Balaban J connectivity index is 1.39. The van der Waals surface area contributed by atoms with E-state index in [1.165, 1.54) is 18.2 Å². The number of nitrogens with zero attached hydrogens (tertiary/aromatic N) is 4. The number of anilines is 1. The van der Waals surface area contributed by atoms with Crippen LogP contribution >= 0.6 is 0 Å². The fraction of sp³-hybridized carbons (Fsp3) is 0.417. The van der Waals surface area contributed by atoms with E-state index in [4.69, 9.17) is 5.73 Å². The number of benzene rings is 1. The third-order valence-electron chi connectivity index (χ3n) is 6.98. The number of carbonyl (C=O) groups excluding carboxylic acids is 2. The molecule has 0 radical (unpaired) electrons. The molecule has 2 fully saturated rings. The number of nitrogens with one attached hydrogen (secondary N) is 1. The van der Waals surface area contributed by atoms with Crippen LogP contribution in [0.5, 0.6) is 0 Å². The lowest BCUT2D eigenvalue weighted by atomic mass is 9.80. The third kappa shape index (κ3) is 4.52. The number of nitrogens with two attached hydrogens (primary N) is 1. The molecule has 2 aliphatic rings. The van der Waals surface area contributed by atoms with Gasteiger partial charge in [-0.1, -0.05) is 12.1 Å². The molecule has 0 spiro atoms. The van der Waals surface area contributed by atoms with E-state index in [2.05, 4.69) is 15.4 Å². The molecule has 0 unspecified atom stereocenters. The van der Waals surface area contributed by atoms with Crippen molar-refractivity contribution in [3.8, 4) is 11.3 Å². The zero-order valence-corrected chi connectivity index (χ0v) is 19.9. The van der Waals surface area contributed by atoms with Crippen LogP contribution in [0.4, 0.5) is 32.2 Å². The quantitative estimate of drug-likeness (QED) is 0.492. The first-order valence-electron chi connectivity index (χ1n) is 11.7. The predicted octanol–water partition coefficient (Wildman–Crippen LogP) is 3.63. The lowest BCUT2D eigenvalue weighted by Crippen LogP contribution is -2.47. The summed E-state index contributed by atoms with van der Waals surface area (Å²) in [6, 6.07) is 4.17. The maximum Gasteiger partial charge on any atom is 0.418 e. The summed E-state index contributed by atoms with van der Waals surface area (Å²) in [5.41, 5.74) is 4.99. The highest BCUT2D eigenvalue weighted by Gasteiger charge is 2.51. The van der Waals surface area contributed by atoms with Gasteiger partial charge in [0.05, 0.1) is 23.8 Å². The molecule has 3 aromatic rings. The van der Waals surface area contributed by atoms with Gasteiger partial charge in [-0.15, -0.1) is 0 Å². The summed E-state index contributed by atoms with van der Waals surface area (Å²) in [6.45, 7) is 1.09. The van der Waals surface area contributed by atoms with Crippen LogP contribution in [0.15, 0.2) is 30.6 Å². The molecular formula is C24H22F6N6O2. The maximum atomic E-state index is 14.7. The first-order valence-corrected chi connectivity index (χ1v) is 11.7. The molecule has 2 atom stereocenters. The van der Waals surface area contributed by atoms with E-state index < -0.39 is 66.0 Å². The smallest absolute Gasteiger partial charge is 0.382 e. The summed E-state index contributed by atoms with van der Waals surface area (Å²) in [4.78, 5) is 30.3. The van der Waals surface area contributed by atoms with E-state index in [1.807, 2.05) is 0 Å². The molecule has 2 aromatic heterocycles. The van der Waals surface area contributed by atoms with Crippen molar-refractivity contribution < 1.29 is 35.9 Å². The minimum Gasteiger partial charge on any atom is -0.382 e. The summed E-state index contributed by atoms with van der Waals surface area (Å²) < 4.78 is 83.0. The van der Waals surface area contributed by atoms with Crippen LogP contribution in [0.3, 0.4) is 0 Å². The van der Waals surface area contributed by atoms with Gasteiger partial charge in [-0.25, -0.2) is 22.7 Å². The van der Waals surface area contributed by atoms with E-state index in [1.54, 1.807) is 6.92 Å². The molecular weight excluding hydrogens is 518 g/mol. The number of hydrogen-bond acceptors (Lipinski definition) is 5. The van der Waals surface area contributed by atoms with E-state index in [-0.39, 0.29) is 35.7 Å². The van der Waals surface area contributed by atoms with Gasteiger partial charge in [0, 0.05) is 36.4 Å². The number of rotatable bonds is 4. The Hall–Kier alpha value is -3.84. The van der Waals surface area contributed by atoms with E-state index >= 15 is 0 Å². The molecule has 3 heterocycles. The van der Waals surface area contributed by atoms with Gasteiger partial charge in [0.25, 0.3) is 5.91 Å². The van der Waals surface area contributed by atoms with Crippen LogP contribution < -0.4 is 11.1 Å². The normalized spacial score (nSPS) is 21.5. The highest BCUT2D eigenvalue weighted by molar-refractivity contribution is 5.97. The van der Waals surface area contributed by atoms with Gasteiger partial charge in [0.2, 0.25) is 11.8 Å². The third-order valence-corrected chi connectivity index (χ3v) is 6.98. The Morgan fingerprint density at radius 2 is 1.87 bits per heavy atom. The molecule has 202 valence electrons. The van der Waals surface area contributed by atoms with Gasteiger partial charge < -0.3 is 16.0 Å². The van der Waals surface area contributed by atoms with Crippen molar-refractivity contribution in [3.05, 3.63) is 47.3 Å². The van der Waals surface area contributed by atoms with Crippen LogP contribution in [0.1, 0.15) is 34.3 Å². The first kappa shape index (κ1) is 25.8. The number of nitrogen functional groups attached to an aromatic ring is 1. The summed E-state index contributed by atoms with van der Waals surface area (Å²) in [7, 11) is 0. The Morgan fingerprint density at radius 3 is 2.53 bits per heavy atom. The maximum absolute atomic E-state index is 14.7. The average Bonchev–Trinajstić information content (AvgIpc) is 3.39. The molecule has 38 heavy (non-hydrogen) atoms. The molecule has 2 amide bonds. The SMILES string of the molecule is Cc1ccc(-c2cc(C(F)(F)F)c3c(N)ncnn23)cc1C(=O)N[C@@H]1CN(C(=O)C2CC(F)(F)C2)C[C@@H]1F. The van der Waals surface area contributed by atoms with Crippen LogP contribution in [-0.2, 0) is 11.0 Å². The second kappa shape index (κ2) is 8.88. The fourth-order valence-corrected chi connectivity index (χ4v) is 4.94. The minimum atomic E-state index is -4.75. The van der Waals surface area contributed by atoms with Gasteiger partial charge in [-0.05, 0) is 24.6 Å². The van der Waals surface area contributed by atoms with Crippen molar-refractivity contribution >= 4 is 23.1 Å². The van der Waals surface area contributed by atoms with E-state index in [0.29, 0.717) is 5.56 Å². The van der Waals surface area contributed by atoms with Crippen molar-refractivity contribution in [1.82, 2.24) is 24.8 Å². The second-order valence-corrected chi connectivity index (χ2v) is 9.68. The number of halogens is 6. The molecule has 1 aliphatic carbocycles. The molecule has 1 aromatic carbocycles. The summed E-state index contributed by atoms with van der Waals surface area (Å²) in [6.07, 6.45) is -6.51. The lowest BCUT2D eigenvalue weighted by molar-refractivity contribution is -0.159. The van der Waals surface area contributed by atoms with Gasteiger partial charge in [0.1, 0.15) is 18.0 Å².